The first-order valence-corrected chi connectivity index (χ1v) is 4.63. The van der Waals surface area contributed by atoms with Crippen molar-refractivity contribution in [2.75, 3.05) is 7.05 Å². The highest BCUT2D eigenvalue weighted by Gasteiger charge is 2.19. The lowest BCUT2D eigenvalue weighted by molar-refractivity contribution is 0.448. The molecule has 4 nitrogen and oxygen atoms in total. The fraction of sp³-hybridized carbons (Fsp3) is 0.400. The summed E-state index contributed by atoms with van der Waals surface area (Å²) >= 11 is 0. The minimum Gasteiger partial charge on any atom is -0.494 e. The Bertz CT molecular complexity index is 446. The molecule has 1 heterocycles. The lowest BCUT2D eigenvalue weighted by Gasteiger charge is -2.17. The van der Waals surface area contributed by atoms with Gasteiger partial charge in [-0.1, -0.05) is 0 Å². The molecule has 0 unspecified atom stereocenters. The van der Waals surface area contributed by atoms with Crippen molar-refractivity contribution in [1.29, 1.82) is 0 Å². The van der Waals surface area contributed by atoms with Crippen LogP contribution in [0.4, 0.5) is 0 Å². The number of aromatic amines is 1. The maximum absolute atomic E-state index is 11.1. The van der Waals surface area contributed by atoms with Gasteiger partial charge in [0, 0.05) is 18.8 Å². The maximum atomic E-state index is 11.1. The van der Waals surface area contributed by atoms with Crippen molar-refractivity contribution in [1.82, 2.24) is 4.98 Å². The molecule has 0 bridgehead atoms. The summed E-state index contributed by atoms with van der Waals surface area (Å²) in [5.41, 5.74) is 2.25. The summed E-state index contributed by atoms with van der Waals surface area (Å²) in [5.74, 6) is -0.0483. The molecular formula is C10H12N2O2. The largest absolute Gasteiger partial charge is 0.494 e. The summed E-state index contributed by atoms with van der Waals surface area (Å²) in [5, 5.41) is 9.60. The second kappa shape index (κ2) is 3.29. The minimum atomic E-state index is -0.251. The van der Waals surface area contributed by atoms with Gasteiger partial charge in [-0.15, -0.1) is 0 Å². The molecule has 0 amide bonds. The van der Waals surface area contributed by atoms with E-state index in [2.05, 4.69) is 9.98 Å². The lowest BCUT2D eigenvalue weighted by Crippen LogP contribution is -2.17. The Morgan fingerprint density at radius 2 is 2.29 bits per heavy atom. The summed E-state index contributed by atoms with van der Waals surface area (Å²) in [6.07, 6.45) is 2.69. The number of hydrogen-bond donors (Lipinski definition) is 2. The second-order valence-electron chi connectivity index (χ2n) is 3.41. The Hall–Kier alpha value is -1.58. The van der Waals surface area contributed by atoms with Gasteiger partial charge >= 0.3 is 0 Å². The molecule has 4 heteroatoms. The van der Waals surface area contributed by atoms with Crippen LogP contribution >= 0.6 is 0 Å². The van der Waals surface area contributed by atoms with Crippen molar-refractivity contribution in [3.8, 4) is 5.88 Å². The van der Waals surface area contributed by atoms with Gasteiger partial charge in [0.05, 0.1) is 5.56 Å². The number of aryl methyl sites for hydroxylation is 1. The van der Waals surface area contributed by atoms with E-state index in [9.17, 15) is 9.90 Å². The molecule has 0 aliphatic heterocycles. The van der Waals surface area contributed by atoms with E-state index >= 15 is 0 Å². The van der Waals surface area contributed by atoms with Crippen molar-refractivity contribution in [3.05, 3.63) is 27.5 Å². The van der Waals surface area contributed by atoms with Crippen LogP contribution in [-0.2, 0) is 6.42 Å². The molecular weight excluding hydrogens is 180 g/mol. The predicted octanol–water partition coefficient (Wildman–Crippen LogP) is 0.836. The summed E-state index contributed by atoms with van der Waals surface area (Å²) < 4.78 is 0. The van der Waals surface area contributed by atoms with Crippen LogP contribution in [0.25, 0.3) is 0 Å². The maximum Gasteiger partial charge on any atom is 0.250 e. The second-order valence-corrected chi connectivity index (χ2v) is 3.41. The first-order chi connectivity index (χ1) is 6.72. The Morgan fingerprint density at radius 3 is 3.00 bits per heavy atom. The van der Waals surface area contributed by atoms with Crippen LogP contribution in [0.1, 0.15) is 24.0 Å². The van der Waals surface area contributed by atoms with E-state index in [-0.39, 0.29) is 11.4 Å². The zero-order valence-corrected chi connectivity index (χ0v) is 8.00. The third-order valence-electron chi connectivity index (χ3n) is 2.52. The van der Waals surface area contributed by atoms with E-state index in [1.807, 2.05) is 0 Å². The Morgan fingerprint density at radius 1 is 1.50 bits per heavy atom. The van der Waals surface area contributed by atoms with Crippen molar-refractivity contribution in [2.24, 2.45) is 4.99 Å². The van der Waals surface area contributed by atoms with E-state index in [0.717, 1.165) is 36.1 Å². The van der Waals surface area contributed by atoms with Gasteiger partial charge in [0.2, 0.25) is 5.88 Å². The molecule has 0 atom stereocenters. The number of fused-ring (bicyclic) bond motifs is 1. The Kier molecular flexibility index (Phi) is 2.11. The minimum absolute atomic E-state index is 0.0483. The standard InChI is InChI=1S/C10H12N2O2/c1-11-7-4-2-3-6-5-8(13)12-10(14)9(6)7/h5H,2-4H2,1H3,(H2,12,13,14). The van der Waals surface area contributed by atoms with E-state index in [4.69, 9.17) is 0 Å². The molecule has 0 spiro atoms. The fourth-order valence-corrected chi connectivity index (χ4v) is 1.91. The van der Waals surface area contributed by atoms with Gasteiger partial charge in [0.15, 0.2) is 0 Å². The molecule has 14 heavy (non-hydrogen) atoms. The molecule has 74 valence electrons. The highest BCUT2D eigenvalue weighted by atomic mass is 16.3. The van der Waals surface area contributed by atoms with Crippen molar-refractivity contribution < 1.29 is 5.11 Å². The topological polar surface area (TPSA) is 65.5 Å². The Labute approximate surface area is 81.3 Å². The SMILES string of the molecule is CN=C1CCCc2cc(=O)[nH]c(O)c21. The zero-order valence-electron chi connectivity index (χ0n) is 8.00. The Balaban J connectivity index is 2.69. The molecule has 0 saturated carbocycles. The molecule has 0 saturated heterocycles. The summed E-state index contributed by atoms with van der Waals surface area (Å²) in [7, 11) is 1.70. The number of aromatic nitrogens is 1. The summed E-state index contributed by atoms with van der Waals surface area (Å²) in [4.78, 5) is 17.6. The van der Waals surface area contributed by atoms with Crippen LogP contribution in [0.3, 0.4) is 0 Å². The van der Waals surface area contributed by atoms with Gasteiger partial charge in [-0.3, -0.25) is 14.8 Å². The van der Waals surface area contributed by atoms with Crippen LogP contribution < -0.4 is 5.56 Å². The molecule has 2 N–H and O–H groups in total. The highest BCUT2D eigenvalue weighted by Crippen LogP contribution is 2.25. The lowest BCUT2D eigenvalue weighted by atomic mass is 9.91. The highest BCUT2D eigenvalue weighted by molar-refractivity contribution is 6.04. The van der Waals surface area contributed by atoms with Gasteiger partial charge in [-0.2, -0.15) is 0 Å². The molecule has 1 aliphatic rings. The fourth-order valence-electron chi connectivity index (χ4n) is 1.91. The molecule has 0 fully saturated rings. The normalized spacial score (nSPS) is 18.2. The number of nitrogens with one attached hydrogen (secondary N) is 1. The van der Waals surface area contributed by atoms with Crippen molar-refractivity contribution >= 4 is 5.71 Å². The van der Waals surface area contributed by atoms with E-state index in [0.29, 0.717) is 0 Å². The van der Waals surface area contributed by atoms with Crippen LogP contribution in [0.5, 0.6) is 5.88 Å². The first-order valence-electron chi connectivity index (χ1n) is 4.63. The third kappa shape index (κ3) is 1.32. The number of aromatic hydroxyl groups is 1. The molecule has 1 aliphatic carbocycles. The molecule has 0 aromatic carbocycles. The monoisotopic (exact) mass is 192 g/mol. The van der Waals surface area contributed by atoms with Crippen molar-refractivity contribution in [2.45, 2.75) is 19.3 Å². The van der Waals surface area contributed by atoms with E-state index in [1.54, 1.807) is 13.1 Å². The van der Waals surface area contributed by atoms with Gasteiger partial charge in [-0.05, 0) is 24.8 Å². The molecule has 2 rings (SSSR count). The molecule has 0 radical (unpaired) electrons. The van der Waals surface area contributed by atoms with Crippen LogP contribution in [-0.4, -0.2) is 22.8 Å². The predicted molar refractivity (Wildman–Crippen MR) is 54.1 cm³/mol. The number of nitrogens with zero attached hydrogens (tertiary/aromatic N) is 1. The number of pyridine rings is 1. The summed E-state index contributed by atoms with van der Waals surface area (Å²) in [6, 6.07) is 1.54. The number of hydrogen-bond acceptors (Lipinski definition) is 3. The van der Waals surface area contributed by atoms with Crippen LogP contribution in [0.2, 0.25) is 0 Å². The van der Waals surface area contributed by atoms with Gasteiger partial charge < -0.3 is 5.11 Å². The number of aliphatic imine (C=N–C) groups is 1. The van der Waals surface area contributed by atoms with Crippen molar-refractivity contribution in [3.63, 3.8) is 0 Å². The van der Waals surface area contributed by atoms with Gasteiger partial charge in [0.25, 0.3) is 5.56 Å². The average molecular weight is 192 g/mol. The van der Waals surface area contributed by atoms with Crippen LogP contribution in [0, 0.1) is 0 Å². The number of rotatable bonds is 0. The van der Waals surface area contributed by atoms with E-state index in [1.165, 1.54) is 0 Å². The van der Waals surface area contributed by atoms with Crippen LogP contribution in [0.15, 0.2) is 15.9 Å². The smallest absolute Gasteiger partial charge is 0.250 e. The molecule has 1 aromatic rings. The zero-order chi connectivity index (χ0) is 10.1. The first kappa shape index (κ1) is 8.99. The quantitative estimate of drug-likeness (QED) is 0.639. The van der Waals surface area contributed by atoms with Gasteiger partial charge in [-0.25, -0.2) is 0 Å². The average Bonchev–Trinajstić information content (AvgIpc) is 2.16. The van der Waals surface area contributed by atoms with Gasteiger partial charge in [0.1, 0.15) is 0 Å². The number of H-pyrrole nitrogens is 1. The van der Waals surface area contributed by atoms with E-state index < -0.39 is 0 Å². The molecule has 1 aromatic heterocycles. The summed E-state index contributed by atoms with van der Waals surface area (Å²) in [6.45, 7) is 0. The third-order valence-corrected chi connectivity index (χ3v) is 2.52.